The summed E-state index contributed by atoms with van der Waals surface area (Å²) >= 11 is 7.79. The van der Waals surface area contributed by atoms with Crippen LogP contribution < -0.4 is 0 Å². The zero-order valence-corrected chi connectivity index (χ0v) is 17.2. The summed E-state index contributed by atoms with van der Waals surface area (Å²) in [5.41, 5.74) is 2.01. The van der Waals surface area contributed by atoms with Crippen molar-refractivity contribution in [2.45, 2.75) is 24.8 Å². The number of hydrogen-bond donors (Lipinski definition) is 0. The lowest BCUT2D eigenvalue weighted by molar-refractivity contribution is -0.128. The Labute approximate surface area is 168 Å². The first kappa shape index (κ1) is 20.2. The van der Waals surface area contributed by atoms with Gasteiger partial charge in [0.2, 0.25) is 5.91 Å². The van der Waals surface area contributed by atoms with Crippen LogP contribution in [0.5, 0.6) is 0 Å². The monoisotopic (exact) mass is 410 g/mol. The number of rotatable bonds is 5. The summed E-state index contributed by atoms with van der Waals surface area (Å²) in [6.45, 7) is 5.95. The maximum atomic E-state index is 13.0. The highest BCUT2D eigenvalue weighted by atomic mass is 35.5. The molecule has 0 bridgehead atoms. The fourth-order valence-electron chi connectivity index (χ4n) is 3.22. The van der Waals surface area contributed by atoms with Crippen LogP contribution in [0.3, 0.4) is 0 Å². The van der Waals surface area contributed by atoms with Crippen LogP contribution >= 0.6 is 23.4 Å². The van der Waals surface area contributed by atoms with E-state index in [2.05, 4.69) is 10.00 Å². The Kier molecular flexibility index (Phi) is 6.78. The number of carbonyl (C=O) groups is 1. The fraction of sp³-hybridized carbons (Fsp3) is 0.474. The molecule has 0 atom stereocenters. The average Bonchev–Trinajstić information content (AvgIpc) is 2.83. The summed E-state index contributed by atoms with van der Waals surface area (Å²) in [5.74, 6) is 0.239. The SMILES string of the molecule is Cc1nn(C)c(Cl)c1CN1CCCN(C(=O)CSc2ccc(F)cc2)CC1. The number of halogens is 2. The Balaban J connectivity index is 1.51. The Morgan fingerprint density at radius 3 is 2.63 bits per heavy atom. The Morgan fingerprint density at radius 2 is 1.96 bits per heavy atom. The zero-order valence-electron chi connectivity index (χ0n) is 15.6. The molecule has 2 aromatic rings. The van der Waals surface area contributed by atoms with Gasteiger partial charge in [-0.25, -0.2) is 4.39 Å². The number of amides is 1. The molecule has 0 spiro atoms. The van der Waals surface area contributed by atoms with Crippen LogP contribution in [0.15, 0.2) is 29.2 Å². The molecule has 146 valence electrons. The minimum Gasteiger partial charge on any atom is -0.341 e. The number of thioether (sulfide) groups is 1. The first-order chi connectivity index (χ1) is 12.9. The average molecular weight is 411 g/mol. The van der Waals surface area contributed by atoms with Gasteiger partial charge in [0.15, 0.2) is 0 Å². The lowest BCUT2D eigenvalue weighted by Crippen LogP contribution is -2.36. The van der Waals surface area contributed by atoms with Gasteiger partial charge in [0.25, 0.3) is 0 Å². The molecule has 3 rings (SSSR count). The number of benzene rings is 1. The summed E-state index contributed by atoms with van der Waals surface area (Å²) in [7, 11) is 1.85. The van der Waals surface area contributed by atoms with Crippen LogP contribution in [-0.2, 0) is 18.4 Å². The molecule has 0 N–H and O–H groups in total. The highest BCUT2D eigenvalue weighted by molar-refractivity contribution is 8.00. The van der Waals surface area contributed by atoms with E-state index < -0.39 is 0 Å². The summed E-state index contributed by atoms with van der Waals surface area (Å²) in [5, 5.41) is 5.05. The molecule has 0 radical (unpaired) electrons. The van der Waals surface area contributed by atoms with Crippen LogP contribution in [0.4, 0.5) is 4.39 Å². The van der Waals surface area contributed by atoms with Gasteiger partial charge >= 0.3 is 0 Å². The number of hydrogen-bond acceptors (Lipinski definition) is 4. The zero-order chi connectivity index (χ0) is 19.4. The van der Waals surface area contributed by atoms with E-state index in [1.807, 2.05) is 18.9 Å². The molecular weight excluding hydrogens is 387 g/mol. The van der Waals surface area contributed by atoms with Crippen molar-refractivity contribution in [1.29, 1.82) is 0 Å². The molecule has 0 saturated carbocycles. The second-order valence-electron chi connectivity index (χ2n) is 6.73. The summed E-state index contributed by atoms with van der Waals surface area (Å²) in [6.07, 6.45) is 0.934. The van der Waals surface area contributed by atoms with Crippen molar-refractivity contribution < 1.29 is 9.18 Å². The standard InChI is InChI=1S/C19H24ClFN4OS/c1-14-17(19(20)23(2)22-14)12-24-8-3-9-25(11-10-24)18(26)13-27-16-6-4-15(21)5-7-16/h4-7H,3,8-13H2,1-2H3. The lowest BCUT2D eigenvalue weighted by Gasteiger charge is -2.22. The van der Waals surface area contributed by atoms with Gasteiger partial charge < -0.3 is 4.90 Å². The van der Waals surface area contributed by atoms with E-state index in [-0.39, 0.29) is 11.7 Å². The molecule has 1 fully saturated rings. The van der Waals surface area contributed by atoms with Crippen LogP contribution in [0.25, 0.3) is 0 Å². The first-order valence-electron chi connectivity index (χ1n) is 9.00. The van der Waals surface area contributed by atoms with E-state index in [1.165, 1.54) is 23.9 Å². The van der Waals surface area contributed by atoms with Gasteiger partial charge in [0.05, 0.1) is 11.4 Å². The van der Waals surface area contributed by atoms with Crippen molar-refractivity contribution in [3.8, 4) is 0 Å². The maximum absolute atomic E-state index is 13.0. The summed E-state index contributed by atoms with van der Waals surface area (Å²) in [6, 6.07) is 6.25. The summed E-state index contributed by atoms with van der Waals surface area (Å²) in [4.78, 5) is 17.7. The van der Waals surface area contributed by atoms with Gasteiger partial charge in [0.1, 0.15) is 11.0 Å². The number of carbonyl (C=O) groups excluding carboxylic acids is 1. The lowest BCUT2D eigenvalue weighted by atomic mass is 10.2. The molecule has 1 amide bonds. The molecule has 1 aromatic heterocycles. The maximum Gasteiger partial charge on any atom is 0.232 e. The number of aromatic nitrogens is 2. The van der Waals surface area contributed by atoms with E-state index in [0.29, 0.717) is 17.5 Å². The third kappa shape index (κ3) is 5.24. The number of aryl methyl sites for hydroxylation is 2. The highest BCUT2D eigenvalue weighted by Gasteiger charge is 2.21. The Bertz CT molecular complexity index is 796. The van der Waals surface area contributed by atoms with Crippen molar-refractivity contribution in [2.24, 2.45) is 7.05 Å². The minimum absolute atomic E-state index is 0.127. The Hall–Kier alpha value is -1.57. The molecule has 1 aromatic carbocycles. The molecule has 0 aliphatic carbocycles. The van der Waals surface area contributed by atoms with Crippen molar-refractivity contribution in [3.63, 3.8) is 0 Å². The predicted octanol–water partition coefficient (Wildman–Crippen LogP) is 3.35. The highest BCUT2D eigenvalue weighted by Crippen LogP contribution is 2.22. The first-order valence-corrected chi connectivity index (χ1v) is 10.4. The molecule has 1 aliphatic heterocycles. The smallest absolute Gasteiger partial charge is 0.232 e. The van der Waals surface area contributed by atoms with Crippen molar-refractivity contribution in [1.82, 2.24) is 19.6 Å². The van der Waals surface area contributed by atoms with Gasteiger partial charge in [-0.15, -0.1) is 11.8 Å². The molecule has 2 heterocycles. The predicted molar refractivity (Wildman–Crippen MR) is 107 cm³/mol. The van der Waals surface area contributed by atoms with E-state index in [4.69, 9.17) is 11.6 Å². The van der Waals surface area contributed by atoms with E-state index in [9.17, 15) is 9.18 Å². The second kappa shape index (κ2) is 9.08. The van der Waals surface area contributed by atoms with E-state index >= 15 is 0 Å². The molecular formula is C19H24ClFN4OS. The molecule has 8 heteroatoms. The van der Waals surface area contributed by atoms with Crippen molar-refractivity contribution in [2.75, 3.05) is 31.9 Å². The third-order valence-corrected chi connectivity index (χ3v) is 6.24. The molecule has 0 unspecified atom stereocenters. The fourth-order valence-corrected chi connectivity index (χ4v) is 4.26. The second-order valence-corrected chi connectivity index (χ2v) is 8.14. The molecule has 1 aliphatic rings. The summed E-state index contributed by atoms with van der Waals surface area (Å²) < 4.78 is 14.7. The van der Waals surface area contributed by atoms with Gasteiger partial charge in [0, 0.05) is 50.2 Å². The van der Waals surface area contributed by atoms with Gasteiger partial charge in [-0.05, 0) is 37.6 Å². The van der Waals surface area contributed by atoms with Crippen LogP contribution in [0.2, 0.25) is 5.15 Å². The van der Waals surface area contributed by atoms with Crippen LogP contribution in [0, 0.1) is 12.7 Å². The minimum atomic E-state index is -0.262. The number of nitrogens with zero attached hydrogens (tertiary/aromatic N) is 4. The largest absolute Gasteiger partial charge is 0.341 e. The quantitative estimate of drug-likeness (QED) is 0.709. The topological polar surface area (TPSA) is 41.4 Å². The van der Waals surface area contributed by atoms with Gasteiger partial charge in [-0.1, -0.05) is 11.6 Å². The van der Waals surface area contributed by atoms with Crippen molar-refractivity contribution in [3.05, 3.63) is 46.5 Å². The molecule has 27 heavy (non-hydrogen) atoms. The van der Waals surface area contributed by atoms with Crippen molar-refractivity contribution >= 4 is 29.3 Å². The third-order valence-electron chi connectivity index (χ3n) is 4.77. The van der Waals surface area contributed by atoms with Crippen LogP contribution in [-0.4, -0.2) is 57.4 Å². The molecule has 1 saturated heterocycles. The Morgan fingerprint density at radius 1 is 1.22 bits per heavy atom. The van der Waals surface area contributed by atoms with E-state index in [1.54, 1.807) is 16.8 Å². The van der Waals surface area contributed by atoms with Gasteiger partial charge in [-0.3, -0.25) is 14.4 Å². The molecule has 5 nitrogen and oxygen atoms in total. The van der Waals surface area contributed by atoms with Crippen LogP contribution in [0.1, 0.15) is 17.7 Å². The normalized spacial score (nSPS) is 15.8. The van der Waals surface area contributed by atoms with Gasteiger partial charge in [-0.2, -0.15) is 5.10 Å². The van der Waals surface area contributed by atoms with E-state index in [0.717, 1.165) is 48.8 Å².